The van der Waals surface area contributed by atoms with E-state index in [9.17, 15) is 18.5 Å². The van der Waals surface area contributed by atoms with Gasteiger partial charge < -0.3 is 10.1 Å². The third-order valence-corrected chi connectivity index (χ3v) is 7.26. The van der Waals surface area contributed by atoms with Gasteiger partial charge in [0, 0.05) is 5.56 Å². The molecule has 0 aliphatic carbocycles. The van der Waals surface area contributed by atoms with Gasteiger partial charge in [-0.3, -0.25) is 9.10 Å². The van der Waals surface area contributed by atoms with Gasteiger partial charge in [0.1, 0.15) is 11.8 Å². The predicted molar refractivity (Wildman–Crippen MR) is 138 cm³/mol. The van der Waals surface area contributed by atoms with E-state index < -0.39 is 15.9 Å². The van der Waals surface area contributed by atoms with Crippen molar-refractivity contribution in [2.75, 3.05) is 16.7 Å². The topological polar surface area (TPSA) is 99.5 Å². The number of hydrogen-bond acceptors (Lipinski definition) is 5. The number of para-hydroxylation sites is 3. The van der Waals surface area contributed by atoms with E-state index in [4.69, 9.17) is 4.74 Å². The van der Waals surface area contributed by atoms with Crippen LogP contribution in [0.3, 0.4) is 0 Å². The summed E-state index contributed by atoms with van der Waals surface area (Å²) in [5.41, 5.74) is 1.96. The number of ether oxygens (including phenoxy) is 1. The number of nitrogens with one attached hydrogen (secondary N) is 1. The molecule has 4 rings (SSSR count). The van der Waals surface area contributed by atoms with Crippen LogP contribution in [-0.4, -0.2) is 21.4 Å². The van der Waals surface area contributed by atoms with Gasteiger partial charge in [-0.15, -0.1) is 0 Å². The van der Waals surface area contributed by atoms with Crippen LogP contribution in [0.5, 0.6) is 5.75 Å². The van der Waals surface area contributed by atoms with Crippen LogP contribution in [0, 0.1) is 11.3 Å². The largest absolute Gasteiger partial charge is 0.495 e. The minimum atomic E-state index is -4.11. The minimum absolute atomic E-state index is 0.0504. The first-order chi connectivity index (χ1) is 17.4. The highest BCUT2D eigenvalue weighted by molar-refractivity contribution is 7.92. The molecule has 0 saturated heterocycles. The van der Waals surface area contributed by atoms with E-state index in [1.807, 2.05) is 36.4 Å². The average molecular weight is 498 g/mol. The number of anilines is 2. The molecule has 8 heteroatoms. The molecule has 1 N–H and O–H groups in total. The molecular weight excluding hydrogens is 474 g/mol. The molecule has 0 heterocycles. The number of amides is 1. The molecule has 180 valence electrons. The number of hydrogen-bond donors (Lipinski definition) is 1. The molecule has 0 unspecified atom stereocenters. The van der Waals surface area contributed by atoms with Crippen LogP contribution < -0.4 is 14.4 Å². The second kappa shape index (κ2) is 10.8. The molecule has 0 fully saturated rings. The van der Waals surface area contributed by atoms with Crippen LogP contribution in [-0.2, 0) is 16.6 Å². The molecule has 0 aliphatic heterocycles. The number of benzene rings is 4. The summed E-state index contributed by atoms with van der Waals surface area (Å²) < 4.78 is 34.6. The van der Waals surface area contributed by atoms with E-state index in [1.54, 1.807) is 48.5 Å². The lowest BCUT2D eigenvalue weighted by atomic mass is 10.1. The van der Waals surface area contributed by atoms with E-state index in [0.717, 1.165) is 5.56 Å². The van der Waals surface area contributed by atoms with Crippen molar-refractivity contribution in [3.05, 3.63) is 120 Å². The zero-order chi connectivity index (χ0) is 25.5. The van der Waals surface area contributed by atoms with Gasteiger partial charge in [-0.25, -0.2) is 8.42 Å². The predicted octanol–water partition coefficient (Wildman–Crippen LogP) is 5.21. The second-order valence-corrected chi connectivity index (χ2v) is 9.67. The van der Waals surface area contributed by atoms with Crippen molar-refractivity contribution < 1.29 is 17.9 Å². The molecule has 7 nitrogen and oxygen atoms in total. The van der Waals surface area contributed by atoms with Gasteiger partial charge in [0.2, 0.25) is 0 Å². The molecule has 0 saturated carbocycles. The molecule has 0 radical (unpaired) electrons. The van der Waals surface area contributed by atoms with Crippen LogP contribution in [0.25, 0.3) is 0 Å². The summed E-state index contributed by atoms with van der Waals surface area (Å²) >= 11 is 0. The third-order valence-electron chi connectivity index (χ3n) is 5.50. The molecule has 0 aromatic heterocycles. The highest BCUT2D eigenvalue weighted by atomic mass is 32.2. The lowest BCUT2D eigenvalue weighted by molar-refractivity contribution is 0.102. The Morgan fingerprint density at radius 3 is 2.36 bits per heavy atom. The normalized spacial score (nSPS) is 10.8. The van der Waals surface area contributed by atoms with Crippen molar-refractivity contribution in [1.29, 1.82) is 5.26 Å². The van der Waals surface area contributed by atoms with Gasteiger partial charge in [0.25, 0.3) is 15.9 Å². The van der Waals surface area contributed by atoms with Crippen LogP contribution >= 0.6 is 0 Å². The Labute approximate surface area is 210 Å². The van der Waals surface area contributed by atoms with Crippen LogP contribution in [0.1, 0.15) is 21.5 Å². The van der Waals surface area contributed by atoms with Gasteiger partial charge in [0.05, 0.1) is 35.5 Å². The smallest absolute Gasteiger partial charge is 0.264 e. The summed E-state index contributed by atoms with van der Waals surface area (Å²) in [6.45, 7) is 0.0650. The van der Waals surface area contributed by atoms with E-state index in [2.05, 4.69) is 5.32 Å². The summed E-state index contributed by atoms with van der Waals surface area (Å²) in [5.74, 6) is -0.124. The fraction of sp³-hybridized carbons (Fsp3) is 0.0714. The fourth-order valence-corrected chi connectivity index (χ4v) is 5.20. The maximum Gasteiger partial charge on any atom is 0.264 e. The lowest BCUT2D eigenvalue weighted by Crippen LogP contribution is -2.31. The molecule has 4 aromatic rings. The van der Waals surface area contributed by atoms with Gasteiger partial charge in [-0.1, -0.05) is 60.7 Å². The zero-order valence-corrected chi connectivity index (χ0v) is 20.3. The highest BCUT2D eigenvalue weighted by Crippen LogP contribution is 2.34. The average Bonchev–Trinajstić information content (AvgIpc) is 2.92. The fourth-order valence-electron chi connectivity index (χ4n) is 3.69. The first-order valence-corrected chi connectivity index (χ1v) is 12.5. The SMILES string of the molecule is COc1ccccc1N(Cc1ccccc1)S(=O)(=O)c1cccc(C(=O)Nc2ccccc2C#N)c1. The number of nitrogens with zero attached hydrogens (tertiary/aromatic N) is 2. The maximum atomic E-state index is 13.9. The van der Waals surface area contributed by atoms with Crippen molar-refractivity contribution >= 4 is 27.3 Å². The highest BCUT2D eigenvalue weighted by Gasteiger charge is 2.28. The Kier molecular flexibility index (Phi) is 7.33. The minimum Gasteiger partial charge on any atom is -0.495 e. The Morgan fingerprint density at radius 1 is 0.917 bits per heavy atom. The number of carbonyl (C=O) groups excluding carboxylic acids is 1. The molecule has 1 amide bonds. The number of methoxy groups -OCH3 is 1. The van der Waals surface area contributed by atoms with E-state index in [0.29, 0.717) is 22.7 Å². The molecule has 36 heavy (non-hydrogen) atoms. The molecule has 0 aliphatic rings. The van der Waals surface area contributed by atoms with Crippen molar-refractivity contribution in [3.63, 3.8) is 0 Å². The van der Waals surface area contributed by atoms with Gasteiger partial charge in [-0.05, 0) is 48.0 Å². The first-order valence-electron chi connectivity index (χ1n) is 11.0. The lowest BCUT2D eigenvalue weighted by Gasteiger charge is -2.26. The number of sulfonamides is 1. The summed E-state index contributed by atoms with van der Waals surface area (Å²) in [6.07, 6.45) is 0. The number of rotatable bonds is 8. The maximum absolute atomic E-state index is 13.9. The van der Waals surface area contributed by atoms with Crippen molar-refractivity contribution in [2.24, 2.45) is 0 Å². The summed E-state index contributed by atoms with van der Waals surface area (Å²) in [6, 6.07) is 30.5. The van der Waals surface area contributed by atoms with Crippen LogP contribution in [0.2, 0.25) is 0 Å². The number of carbonyl (C=O) groups is 1. The van der Waals surface area contributed by atoms with Gasteiger partial charge in [-0.2, -0.15) is 5.26 Å². The third kappa shape index (κ3) is 5.22. The van der Waals surface area contributed by atoms with E-state index >= 15 is 0 Å². The molecule has 4 aromatic carbocycles. The van der Waals surface area contributed by atoms with Crippen molar-refractivity contribution in [1.82, 2.24) is 0 Å². The summed E-state index contributed by atoms with van der Waals surface area (Å²) in [4.78, 5) is 12.9. The molecule has 0 bridgehead atoms. The Hall–Kier alpha value is -4.61. The Bertz CT molecular complexity index is 1530. The van der Waals surface area contributed by atoms with E-state index in [1.165, 1.54) is 35.7 Å². The molecular formula is C28H23N3O4S. The summed E-state index contributed by atoms with van der Waals surface area (Å²) in [7, 11) is -2.62. The quantitative estimate of drug-likeness (QED) is 0.360. The number of nitriles is 1. The first kappa shape index (κ1) is 24.5. The second-order valence-electron chi connectivity index (χ2n) is 7.81. The monoisotopic (exact) mass is 497 g/mol. The summed E-state index contributed by atoms with van der Waals surface area (Å²) in [5, 5.41) is 12.0. The van der Waals surface area contributed by atoms with Crippen LogP contribution in [0.4, 0.5) is 11.4 Å². The molecule has 0 spiro atoms. The zero-order valence-electron chi connectivity index (χ0n) is 19.5. The Morgan fingerprint density at radius 2 is 1.61 bits per heavy atom. The Balaban J connectivity index is 1.73. The van der Waals surface area contributed by atoms with E-state index in [-0.39, 0.29) is 17.0 Å². The standard InChI is InChI=1S/C28H23N3O4S/c1-35-27-17-8-7-16-26(27)31(20-21-10-3-2-4-11-21)36(33,34)24-14-9-13-22(18-24)28(32)30-25-15-6-5-12-23(25)19-29/h2-18H,20H2,1H3,(H,30,32). The van der Waals surface area contributed by atoms with Crippen molar-refractivity contribution in [2.45, 2.75) is 11.4 Å². The van der Waals surface area contributed by atoms with Gasteiger partial charge in [0.15, 0.2) is 0 Å². The van der Waals surface area contributed by atoms with Gasteiger partial charge >= 0.3 is 0 Å². The van der Waals surface area contributed by atoms with Crippen molar-refractivity contribution in [3.8, 4) is 11.8 Å². The molecule has 0 atom stereocenters. The van der Waals surface area contributed by atoms with Crippen LogP contribution in [0.15, 0.2) is 108 Å².